The molecule has 3 aromatic carbocycles. The van der Waals surface area contributed by atoms with Gasteiger partial charge in [-0.1, -0.05) is 60.7 Å². The molecular formula is C28H29FN2O. The third kappa shape index (κ3) is 4.46. The quantitative estimate of drug-likeness (QED) is 0.650. The van der Waals surface area contributed by atoms with Gasteiger partial charge in [0.1, 0.15) is 5.82 Å². The summed E-state index contributed by atoms with van der Waals surface area (Å²) in [5, 5.41) is 3.36. The van der Waals surface area contributed by atoms with Gasteiger partial charge in [-0.2, -0.15) is 0 Å². The van der Waals surface area contributed by atoms with Crippen molar-refractivity contribution >= 4 is 5.91 Å². The van der Waals surface area contributed by atoms with Crippen LogP contribution in [0, 0.1) is 5.82 Å². The number of fused-ring (bicyclic) bond motifs is 2. The Labute approximate surface area is 189 Å². The van der Waals surface area contributed by atoms with Crippen molar-refractivity contribution in [3.8, 4) is 0 Å². The lowest BCUT2D eigenvalue weighted by Crippen LogP contribution is -2.40. The SMILES string of the molecule is O=C(N[C@H]1CCN(CCc2ccc(F)cc2)C1)C1c2ccccc2CCc2ccccc21. The third-order valence-electron chi connectivity index (χ3n) is 6.91. The molecule has 0 spiro atoms. The van der Waals surface area contributed by atoms with Crippen LogP contribution in [0.1, 0.15) is 40.2 Å². The van der Waals surface area contributed by atoms with E-state index in [1.165, 1.54) is 23.3 Å². The lowest BCUT2D eigenvalue weighted by Gasteiger charge is -2.23. The standard InChI is InChI=1S/C28H29FN2O/c29-23-13-9-20(10-14-23)15-17-31-18-16-24(19-31)30-28(32)27-25-7-3-1-5-21(25)11-12-22-6-2-4-8-26(22)27/h1-10,13-14,24,27H,11-12,15-19H2,(H,30,32)/t24-/m0/s1. The van der Waals surface area contributed by atoms with E-state index in [1.807, 2.05) is 24.3 Å². The Balaban J connectivity index is 1.27. The van der Waals surface area contributed by atoms with Crippen LogP contribution in [0.15, 0.2) is 72.8 Å². The number of carbonyl (C=O) groups is 1. The molecule has 1 saturated heterocycles. The topological polar surface area (TPSA) is 32.3 Å². The zero-order chi connectivity index (χ0) is 21.9. The highest BCUT2D eigenvalue weighted by atomic mass is 19.1. The van der Waals surface area contributed by atoms with Crippen molar-refractivity contribution in [2.75, 3.05) is 19.6 Å². The van der Waals surface area contributed by atoms with E-state index in [9.17, 15) is 9.18 Å². The molecular weight excluding hydrogens is 399 g/mol. The summed E-state index contributed by atoms with van der Waals surface area (Å²) in [5.41, 5.74) is 5.97. The molecule has 3 aromatic rings. The second-order valence-electron chi connectivity index (χ2n) is 9.00. The first kappa shape index (κ1) is 20.9. The summed E-state index contributed by atoms with van der Waals surface area (Å²) < 4.78 is 13.1. The molecule has 0 unspecified atom stereocenters. The number of amides is 1. The van der Waals surface area contributed by atoms with Crippen molar-refractivity contribution in [2.45, 2.75) is 37.6 Å². The highest BCUT2D eigenvalue weighted by Gasteiger charge is 2.32. The molecule has 164 valence electrons. The maximum absolute atomic E-state index is 13.6. The minimum Gasteiger partial charge on any atom is -0.351 e. The fourth-order valence-electron chi connectivity index (χ4n) is 5.18. The van der Waals surface area contributed by atoms with Crippen molar-refractivity contribution < 1.29 is 9.18 Å². The first-order valence-corrected chi connectivity index (χ1v) is 11.6. The van der Waals surface area contributed by atoms with Crippen molar-refractivity contribution in [3.63, 3.8) is 0 Å². The van der Waals surface area contributed by atoms with Crippen molar-refractivity contribution in [1.29, 1.82) is 0 Å². The van der Waals surface area contributed by atoms with E-state index in [1.54, 1.807) is 0 Å². The number of rotatable bonds is 5. The van der Waals surface area contributed by atoms with E-state index < -0.39 is 0 Å². The highest BCUT2D eigenvalue weighted by Crippen LogP contribution is 2.34. The van der Waals surface area contributed by atoms with Crippen LogP contribution in [0.25, 0.3) is 0 Å². The lowest BCUT2D eigenvalue weighted by atomic mass is 9.87. The van der Waals surface area contributed by atoms with Gasteiger partial charge >= 0.3 is 0 Å². The average Bonchev–Trinajstić information content (AvgIpc) is 3.18. The number of aryl methyl sites for hydroxylation is 2. The Morgan fingerprint density at radius 3 is 2.19 bits per heavy atom. The lowest BCUT2D eigenvalue weighted by molar-refractivity contribution is -0.122. The Morgan fingerprint density at radius 2 is 1.53 bits per heavy atom. The van der Waals surface area contributed by atoms with Crippen LogP contribution in [0.5, 0.6) is 0 Å². The molecule has 1 atom stereocenters. The van der Waals surface area contributed by atoms with Gasteiger partial charge in [0.15, 0.2) is 0 Å². The molecule has 0 bridgehead atoms. The molecule has 2 aliphatic rings. The van der Waals surface area contributed by atoms with Gasteiger partial charge in [-0.3, -0.25) is 4.79 Å². The van der Waals surface area contributed by atoms with E-state index >= 15 is 0 Å². The molecule has 1 fully saturated rings. The average molecular weight is 429 g/mol. The fourth-order valence-corrected chi connectivity index (χ4v) is 5.18. The van der Waals surface area contributed by atoms with Crippen LogP contribution >= 0.6 is 0 Å². The van der Waals surface area contributed by atoms with Crippen molar-refractivity contribution in [2.24, 2.45) is 0 Å². The number of likely N-dealkylation sites (tertiary alicyclic amines) is 1. The summed E-state index contributed by atoms with van der Waals surface area (Å²) in [4.78, 5) is 16.0. The number of carbonyl (C=O) groups excluding carboxylic acids is 1. The number of halogens is 1. The number of hydrogen-bond acceptors (Lipinski definition) is 2. The highest BCUT2D eigenvalue weighted by molar-refractivity contribution is 5.88. The van der Waals surface area contributed by atoms with E-state index in [0.717, 1.165) is 62.0 Å². The smallest absolute Gasteiger partial charge is 0.232 e. The number of hydrogen-bond donors (Lipinski definition) is 1. The first-order valence-electron chi connectivity index (χ1n) is 11.6. The molecule has 5 rings (SSSR count). The summed E-state index contributed by atoms with van der Waals surface area (Å²) in [7, 11) is 0. The van der Waals surface area contributed by atoms with Crippen LogP contribution in [-0.4, -0.2) is 36.5 Å². The molecule has 1 aliphatic carbocycles. The van der Waals surface area contributed by atoms with Crippen LogP contribution in [0.4, 0.5) is 4.39 Å². The van der Waals surface area contributed by atoms with E-state index in [2.05, 4.69) is 46.6 Å². The van der Waals surface area contributed by atoms with E-state index in [0.29, 0.717) is 0 Å². The van der Waals surface area contributed by atoms with Crippen LogP contribution in [-0.2, 0) is 24.1 Å². The molecule has 3 nitrogen and oxygen atoms in total. The maximum atomic E-state index is 13.6. The first-order chi connectivity index (χ1) is 15.7. The largest absolute Gasteiger partial charge is 0.351 e. The zero-order valence-electron chi connectivity index (χ0n) is 18.3. The Hall–Kier alpha value is -2.98. The Kier molecular flexibility index (Phi) is 6.04. The molecule has 32 heavy (non-hydrogen) atoms. The summed E-state index contributed by atoms with van der Waals surface area (Å²) >= 11 is 0. The number of nitrogens with one attached hydrogen (secondary N) is 1. The summed E-state index contributed by atoms with van der Waals surface area (Å²) in [6.07, 6.45) is 3.80. The predicted molar refractivity (Wildman–Crippen MR) is 125 cm³/mol. The third-order valence-corrected chi connectivity index (χ3v) is 6.91. The Bertz CT molecular complexity index is 1050. The Morgan fingerprint density at radius 1 is 0.906 bits per heavy atom. The second kappa shape index (κ2) is 9.25. The van der Waals surface area contributed by atoms with Crippen molar-refractivity contribution in [1.82, 2.24) is 10.2 Å². The van der Waals surface area contributed by atoms with Gasteiger partial charge in [0, 0.05) is 25.7 Å². The molecule has 1 heterocycles. The zero-order valence-corrected chi connectivity index (χ0v) is 18.3. The van der Waals surface area contributed by atoms with Gasteiger partial charge in [-0.15, -0.1) is 0 Å². The molecule has 1 aliphatic heterocycles. The number of benzene rings is 3. The van der Waals surface area contributed by atoms with Crippen LogP contribution in [0.3, 0.4) is 0 Å². The summed E-state index contributed by atoms with van der Waals surface area (Å²) in [6, 6.07) is 23.7. The second-order valence-corrected chi connectivity index (χ2v) is 9.00. The maximum Gasteiger partial charge on any atom is 0.232 e. The van der Waals surface area contributed by atoms with Gasteiger partial charge in [-0.25, -0.2) is 4.39 Å². The molecule has 1 amide bonds. The van der Waals surface area contributed by atoms with Gasteiger partial charge in [0.05, 0.1) is 5.92 Å². The monoisotopic (exact) mass is 428 g/mol. The van der Waals surface area contributed by atoms with Gasteiger partial charge in [0.25, 0.3) is 0 Å². The molecule has 1 N–H and O–H groups in total. The minimum atomic E-state index is -0.252. The molecule has 0 saturated carbocycles. The predicted octanol–water partition coefficient (Wildman–Crippen LogP) is 4.49. The van der Waals surface area contributed by atoms with Gasteiger partial charge in [0.2, 0.25) is 5.91 Å². The molecule has 0 radical (unpaired) electrons. The fraction of sp³-hybridized carbons (Fsp3) is 0.321. The molecule has 0 aromatic heterocycles. The van der Waals surface area contributed by atoms with E-state index in [4.69, 9.17) is 0 Å². The van der Waals surface area contributed by atoms with Gasteiger partial charge < -0.3 is 10.2 Å². The van der Waals surface area contributed by atoms with Crippen molar-refractivity contribution in [3.05, 3.63) is 106 Å². The number of nitrogens with zero attached hydrogens (tertiary/aromatic N) is 1. The normalized spacial score (nSPS) is 18.6. The minimum absolute atomic E-state index is 0.109. The summed E-state index contributed by atoms with van der Waals surface area (Å²) in [6.45, 7) is 2.76. The van der Waals surface area contributed by atoms with Crippen LogP contribution < -0.4 is 5.32 Å². The van der Waals surface area contributed by atoms with E-state index in [-0.39, 0.29) is 23.7 Å². The van der Waals surface area contributed by atoms with Gasteiger partial charge in [-0.05, 0) is 65.6 Å². The summed E-state index contributed by atoms with van der Waals surface area (Å²) in [5.74, 6) is -0.338. The molecule has 4 heteroatoms. The van der Waals surface area contributed by atoms with Crippen LogP contribution in [0.2, 0.25) is 0 Å².